The van der Waals surface area contributed by atoms with Crippen LogP contribution in [0.25, 0.3) is 0 Å². The highest BCUT2D eigenvalue weighted by molar-refractivity contribution is 5.05. The zero-order chi connectivity index (χ0) is 12.0. The average molecular weight is 225 g/mol. The number of hydrogen-bond acceptors (Lipinski definition) is 3. The third-order valence-electron chi connectivity index (χ3n) is 3.10. The van der Waals surface area contributed by atoms with Crippen LogP contribution in [0.3, 0.4) is 0 Å². The van der Waals surface area contributed by atoms with Gasteiger partial charge in [-0.2, -0.15) is 0 Å². The maximum atomic E-state index is 5.88. The van der Waals surface area contributed by atoms with E-state index in [2.05, 4.69) is 43.0 Å². The summed E-state index contributed by atoms with van der Waals surface area (Å²) in [6.07, 6.45) is 6.81. The van der Waals surface area contributed by atoms with Crippen molar-refractivity contribution < 1.29 is 0 Å². The highest BCUT2D eigenvalue weighted by Gasteiger charge is 2.18. The van der Waals surface area contributed by atoms with Crippen molar-refractivity contribution in [2.24, 2.45) is 11.7 Å². The molecule has 1 aliphatic rings. The van der Waals surface area contributed by atoms with E-state index in [1.54, 1.807) is 0 Å². The fourth-order valence-corrected chi connectivity index (χ4v) is 2.23. The maximum absolute atomic E-state index is 5.88. The zero-order valence-corrected chi connectivity index (χ0v) is 11.0. The number of rotatable bonds is 7. The van der Waals surface area contributed by atoms with Crippen LogP contribution in [0, 0.1) is 5.92 Å². The third-order valence-corrected chi connectivity index (χ3v) is 3.10. The fraction of sp³-hybridized carbons (Fsp3) is 0.846. The van der Waals surface area contributed by atoms with Gasteiger partial charge in [-0.3, -0.25) is 0 Å². The van der Waals surface area contributed by atoms with E-state index >= 15 is 0 Å². The van der Waals surface area contributed by atoms with Crippen LogP contribution < -0.4 is 5.73 Å². The summed E-state index contributed by atoms with van der Waals surface area (Å²) in [7, 11) is 4.27. The molecule has 3 nitrogen and oxygen atoms in total. The largest absolute Gasteiger partial charge is 0.324 e. The molecular weight excluding hydrogens is 198 g/mol. The molecule has 0 aromatic carbocycles. The van der Waals surface area contributed by atoms with E-state index in [-0.39, 0.29) is 0 Å². The Balaban J connectivity index is 2.29. The molecule has 1 aliphatic carbocycles. The van der Waals surface area contributed by atoms with Gasteiger partial charge in [-0.05, 0) is 39.4 Å². The second-order valence-corrected chi connectivity index (χ2v) is 5.15. The van der Waals surface area contributed by atoms with Crippen molar-refractivity contribution in [3.63, 3.8) is 0 Å². The lowest BCUT2D eigenvalue weighted by atomic mass is 10.1. The lowest BCUT2D eigenvalue weighted by Crippen LogP contribution is -2.35. The zero-order valence-electron chi connectivity index (χ0n) is 11.0. The molecule has 1 rings (SSSR count). The number of hydrogen-bond donors (Lipinski definition) is 1. The van der Waals surface area contributed by atoms with Crippen LogP contribution in [-0.2, 0) is 0 Å². The van der Waals surface area contributed by atoms with Crippen molar-refractivity contribution in [2.45, 2.75) is 25.8 Å². The Kier molecular flexibility index (Phi) is 6.03. The molecule has 0 aliphatic heterocycles. The molecule has 0 bridgehead atoms. The first-order valence-corrected chi connectivity index (χ1v) is 6.42. The molecule has 0 aromatic heterocycles. The van der Waals surface area contributed by atoms with Crippen LogP contribution in [0.15, 0.2) is 12.2 Å². The van der Waals surface area contributed by atoms with E-state index in [4.69, 9.17) is 5.73 Å². The molecule has 16 heavy (non-hydrogen) atoms. The number of likely N-dealkylation sites (N-methyl/N-ethyl adjacent to an activating group) is 1. The first kappa shape index (κ1) is 13.7. The Morgan fingerprint density at radius 2 is 1.94 bits per heavy atom. The van der Waals surface area contributed by atoms with Gasteiger partial charge >= 0.3 is 0 Å². The summed E-state index contributed by atoms with van der Waals surface area (Å²) in [5.74, 6) is 0.670. The lowest BCUT2D eigenvalue weighted by molar-refractivity contribution is 0.220. The van der Waals surface area contributed by atoms with Crippen molar-refractivity contribution in [1.29, 1.82) is 0 Å². The minimum Gasteiger partial charge on any atom is -0.324 e. The van der Waals surface area contributed by atoms with Gasteiger partial charge in [0.2, 0.25) is 0 Å². The molecule has 0 saturated carbocycles. The van der Waals surface area contributed by atoms with Crippen LogP contribution in [0.4, 0.5) is 0 Å². The highest BCUT2D eigenvalue weighted by Crippen LogP contribution is 2.17. The molecule has 2 unspecified atom stereocenters. The van der Waals surface area contributed by atoms with Gasteiger partial charge in [-0.1, -0.05) is 19.1 Å². The van der Waals surface area contributed by atoms with E-state index in [0.29, 0.717) is 12.0 Å². The molecule has 2 atom stereocenters. The molecule has 0 saturated heterocycles. The number of nitrogens with zero attached hydrogens (tertiary/aromatic N) is 2. The SMILES string of the molecule is CCCN(CCN(C)C)CC1C=CC(N)C1. The van der Waals surface area contributed by atoms with E-state index in [0.717, 1.165) is 13.0 Å². The summed E-state index contributed by atoms with van der Waals surface area (Å²) in [6.45, 7) is 6.93. The van der Waals surface area contributed by atoms with Crippen molar-refractivity contribution >= 4 is 0 Å². The first-order chi connectivity index (χ1) is 7.61. The van der Waals surface area contributed by atoms with E-state index in [1.807, 2.05) is 0 Å². The highest BCUT2D eigenvalue weighted by atomic mass is 15.2. The van der Waals surface area contributed by atoms with Gasteiger partial charge in [0.25, 0.3) is 0 Å². The Hall–Kier alpha value is -0.380. The van der Waals surface area contributed by atoms with Crippen molar-refractivity contribution in [1.82, 2.24) is 9.80 Å². The standard InChI is InChI=1S/C13H27N3/c1-4-7-16(9-8-15(2)3)11-12-5-6-13(14)10-12/h5-6,12-13H,4,7-11,14H2,1-3H3. The Bertz CT molecular complexity index is 213. The first-order valence-electron chi connectivity index (χ1n) is 6.42. The predicted molar refractivity (Wildman–Crippen MR) is 70.5 cm³/mol. The molecule has 94 valence electrons. The van der Waals surface area contributed by atoms with Crippen molar-refractivity contribution in [3.8, 4) is 0 Å². The Morgan fingerprint density at radius 1 is 1.19 bits per heavy atom. The van der Waals surface area contributed by atoms with Crippen LogP contribution >= 0.6 is 0 Å². The molecule has 0 spiro atoms. The van der Waals surface area contributed by atoms with Crippen molar-refractivity contribution in [2.75, 3.05) is 40.3 Å². The van der Waals surface area contributed by atoms with Crippen LogP contribution in [0.5, 0.6) is 0 Å². The normalized spacial score (nSPS) is 24.9. The Morgan fingerprint density at radius 3 is 2.44 bits per heavy atom. The van der Waals surface area contributed by atoms with Gasteiger partial charge in [0, 0.05) is 25.7 Å². The summed E-state index contributed by atoms with van der Waals surface area (Å²) >= 11 is 0. The average Bonchev–Trinajstić information content (AvgIpc) is 2.61. The van der Waals surface area contributed by atoms with Crippen molar-refractivity contribution in [3.05, 3.63) is 12.2 Å². The third kappa shape index (κ3) is 5.10. The van der Waals surface area contributed by atoms with Gasteiger partial charge in [-0.15, -0.1) is 0 Å². The second-order valence-electron chi connectivity index (χ2n) is 5.15. The molecule has 0 fully saturated rings. The minimum atomic E-state index is 0.294. The van der Waals surface area contributed by atoms with Gasteiger partial charge in [0.05, 0.1) is 0 Å². The van der Waals surface area contributed by atoms with Crippen LogP contribution in [0.1, 0.15) is 19.8 Å². The Labute approximate surface area is 100 Å². The van der Waals surface area contributed by atoms with Gasteiger partial charge < -0.3 is 15.5 Å². The molecule has 0 radical (unpaired) electrons. The summed E-state index contributed by atoms with van der Waals surface area (Å²) in [4.78, 5) is 4.81. The van der Waals surface area contributed by atoms with E-state index in [1.165, 1.54) is 26.1 Å². The molecule has 0 amide bonds. The monoisotopic (exact) mass is 225 g/mol. The molecule has 3 heteroatoms. The van der Waals surface area contributed by atoms with Gasteiger partial charge in [-0.25, -0.2) is 0 Å². The van der Waals surface area contributed by atoms with Gasteiger partial charge in [0.1, 0.15) is 0 Å². The summed E-state index contributed by atoms with van der Waals surface area (Å²) in [6, 6.07) is 0.294. The second kappa shape index (κ2) is 7.05. The summed E-state index contributed by atoms with van der Waals surface area (Å²) in [5.41, 5.74) is 5.88. The molecule has 2 N–H and O–H groups in total. The smallest absolute Gasteiger partial charge is 0.0229 e. The van der Waals surface area contributed by atoms with Crippen LogP contribution in [0.2, 0.25) is 0 Å². The quantitative estimate of drug-likeness (QED) is 0.660. The van der Waals surface area contributed by atoms with E-state index in [9.17, 15) is 0 Å². The summed E-state index contributed by atoms with van der Waals surface area (Å²) in [5, 5.41) is 0. The summed E-state index contributed by atoms with van der Waals surface area (Å²) < 4.78 is 0. The van der Waals surface area contributed by atoms with Gasteiger partial charge in [0.15, 0.2) is 0 Å². The van der Waals surface area contributed by atoms with Crippen LogP contribution in [-0.4, -0.2) is 56.1 Å². The lowest BCUT2D eigenvalue weighted by Gasteiger charge is -2.26. The minimum absolute atomic E-state index is 0.294. The predicted octanol–water partition coefficient (Wildman–Crippen LogP) is 1.16. The maximum Gasteiger partial charge on any atom is 0.0229 e. The van der Waals surface area contributed by atoms with E-state index < -0.39 is 0 Å². The molecular formula is C13H27N3. The molecule has 0 aromatic rings. The molecule has 0 heterocycles. The number of nitrogens with two attached hydrogens (primary N) is 1. The fourth-order valence-electron chi connectivity index (χ4n) is 2.23. The topological polar surface area (TPSA) is 32.5 Å².